The van der Waals surface area contributed by atoms with Gasteiger partial charge in [-0.05, 0) is 29.0 Å². The van der Waals surface area contributed by atoms with Gasteiger partial charge in [-0.25, -0.2) is 9.78 Å². The molecule has 0 amide bonds. The zero-order valence-corrected chi connectivity index (χ0v) is 11.9. The first-order valence-electron chi connectivity index (χ1n) is 5.98. The van der Waals surface area contributed by atoms with Crippen molar-refractivity contribution in [3.8, 4) is 0 Å². The lowest BCUT2D eigenvalue weighted by molar-refractivity contribution is 0.0474. The van der Waals surface area contributed by atoms with Gasteiger partial charge in [-0.15, -0.1) is 11.3 Å². The van der Waals surface area contributed by atoms with Crippen LogP contribution < -0.4 is 0 Å². The van der Waals surface area contributed by atoms with E-state index in [4.69, 9.17) is 16.3 Å². The van der Waals surface area contributed by atoms with Crippen LogP contribution in [0, 0.1) is 0 Å². The number of halogens is 1. The van der Waals surface area contributed by atoms with Gasteiger partial charge in [-0.1, -0.05) is 29.8 Å². The molecule has 0 aliphatic carbocycles. The number of nitrogens with zero attached hydrogens (tertiary/aromatic N) is 1. The van der Waals surface area contributed by atoms with Crippen molar-refractivity contribution in [1.29, 1.82) is 0 Å². The largest absolute Gasteiger partial charge is 0.457 e. The van der Waals surface area contributed by atoms with Gasteiger partial charge >= 0.3 is 5.97 Å². The van der Waals surface area contributed by atoms with Crippen LogP contribution in [0.3, 0.4) is 0 Å². The van der Waals surface area contributed by atoms with Crippen LogP contribution in [0.2, 0.25) is 5.15 Å². The average Bonchev–Trinajstić information content (AvgIpc) is 2.88. The minimum atomic E-state index is -0.460. The quantitative estimate of drug-likeness (QED) is 0.535. The van der Waals surface area contributed by atoms with Gasteiger partial charge in [0, 0.05) is 16.5 Å². The predicted octanol–water partition coefficient (Wildman–Crippen LogP) is 4.31. The topological polar surface area (TPSA) is 39.2 Å². The molecule has 3 rings (SSSR count). The van der Waals surface area contributed by atoms with Crippen molar-refractivity contribution in [1.82, 2.24) is 4.98 Å². The fraction of sp³-hybridized carbons (Fsp3) is 0.0667. The second kappa shape index (κ2) is 5.61. The van der Waals surface area contributed by atoms with E-state index in [0.717, 1.165) is 10.9 Å². The summed E-state index contributed by atoms with van der Waals surface area (Å²) in [6, 6.07) is 11.3. The molecular weight excluding hydrogens is 294 g/mol. The first-order chi connectivity index (χ1) is 9.75. The molecule has 2 aromatic heterocycles. The number of hydrogen-bond donors (Lipinski definition) is 0. The highest BCUT2D eigenvalue weighted by Crippen LogP contribution is 2.26. The summed E-state index contributed by atoms with van der Waals surface area (Å²) in [5, 5.41) is 3.28. The van der Waals surface area contributed by atoms with Crippen LogP contribution >= 0.6 is 22.9 Å². The monoisotopic (exact) mass is 303 g/mol. The van der Waals surface area contributed by atoms with E-state index < -0.39 is 5.97 Å². The molecule has 20 heavy (non-hydrogen) atoms. The summed E-state index contributed by atoms with van der Waals surface area (Å²) in [5.74, 6) is -0.460. The highest BCUT2D eigenvalue weighted by Gasteiger charge is 2.13. The second-order valence-corrected chi connectivity index (χ2v) is 5.44. The van der Waals surface area contributed by atoms with Gasteiger partial charge in [0.25, 0.3) is 0 Å². The number of fused-ring (bicyclic) bond motifs is 1. The van der Waals surface area contributed by atoms with E-state index >= 15 is 0 Å². The number of pyridine rings is 1. The van der Waals surface area contributed by atoms with E-state index in [9.17, 15) is 4.79 Å². The Morgan fingerprint density at radius 1 is 1.25 bits per heavy atom. The number of carbonyl (C=O) groups excluding carboxylic acids is 1. The Hall–Kier alpha value is -1.91. The summed E-state index contributed by atoms with van der Waals surface area (Å²) in [6.07, 6.45) is 1.53. The lowest BCUT2D eigenvalue weighted by atomic mass is 10.2. The van der Waals surface area contributed by atoms with E-state index in [2.05, 4.69) is 4.98 Å². The molecule has 0 radical (unpaired) electrons. The smallest absolute Gasteiger partial charge is 0.341 e. The molecule has 3 aromatic rings. The highest BCUT2D eigenvalue weighted by atomic mass is 35.5. The fourth-order valence-electron chi connectivity index (χ4n) is 1.90. The summed E-state index contributed by atoms with van der Waals surface area (Å²) in [7, 11) is 0. The molecule has 0 spiro atoms. The fourth-order valence-corrected chi connectivity index (χ4v) is 3.05. The number of benzene rings is 1. The molecule has 5 heteroatoms. The van der Waals surface area contributed by atoms with Crippen LogP contribution in [0.15, 0.2) is 48.0 Å². The Morgan fingerprint density at radius 2 is 2.10 bits per heavy atom. The van der Waals surface area contributed by atoms with Crippen molar-refractivity contribution in [3.63, 3.8) is 0 Å². The average molecular weight is 304 g/mol. The Morgan fingerprint density at radius 3 is 2.95 bits per heavy atom. The Balaban J connectivity index is 1.77. The van der Waals surface area contributed by atoms with Gasteiger partial charge in [-0.3, -0.25) is 0 Å². The maximum absolute atomic E-state index is 12.0. The van der Waals surface area contributed by atoms with Crippen LogP contribution in [-0.2, 0) is 11.3 Å². The van der Waals surface area contributed by atoms with Crippen LogP contribution in [0.5, 0.6) is 0 Å². The van der Waals surface area contributed by atoms with Crippen LogP contribution in [0.4, 0.5) is 0 Å². The molecule has 100 valence electrons. The number of ether oxygens (including phenoxy) is 1. The second-order valence-electron chi connectivity index (χ2n) is 4.18. The first-order valence-corrected chi connectivity index (χ1v) is 7.24. The van der Waals surface area contributed by atoms with Crippen LogP contribution in [-0.4, -0.2) is 11.0 Å². The molecule has 1 aromatic carbocycles. The minimum absolute atomic E-state index is 0.160. The SMILES string of the molecule is O=C(OCc1csc2ccccc12)c1cccnc1Cl. The normalized spacial score (nSPS) is 10.7. The number of aromatic nitrogens is 1. The number of hydrogen-bond acceptors (Lipinski definition) is 4. The molecule has 0 saturated heterocycles. The maximum atomic E-state index is 12.0. The first kappa shape index (κ1) is 13.1. The van der Waals surface area contributed by atoms with Crippen molar-refractivity contribution in [2.45, 2.75) is 6.61 Å². The summed E-state index contributed by atoms with van der Waals surface area (Å²) in [4.78, 5) is 15.8. The summed E-state index contributed by atoms with van der Waals surface area (Å²) in [6.45, 7) is 0.230. The van der Waals surface area contributed by atoms with Crippen molar-refractivity contribution >= 4 is 39.0 Å². The Kier molecular flexibility index (Phi) is 3.67. The van der Waals surface area contributed by atoms with Gasteiger partial charge in [0.15, 0.2) is 0 Å². The highest BCUT2D eigenvalue weighted by molar-refractivity contribution is 7.17. The van der Waals surface area contributed by atoms with E-state index in [-0.39, 0.29) is 17.3 Å². The number of carbonyl (C=O) groups is 1. The molecule has 0 N–H and O–H groups in total. The molecule has 0 fully saturated rings. The van der Waals surface area contributed by atoms with Crippen molar-refractivity contribution < 1.29 is 9.53 Å². The zero-order valence-electron chi connectivity index (χ0n) is 10.4. The third-order valence-corrected chi connectivity index (χ3v) is 4.21. The van der Waals surface area contributed by atoms with Crippen LogP contribution in [0.25, 0.3) is 10.1 Å². The van der Waals surface area contributed by atoms with E-state index in [1.54, 1.807) is 23.5 Å². The molecule has 0 aliphatic heterocycles. The van der Waals surface area contributed by atoms with E-state index in [1.165, 1.54) is 10.9 Å². The molecule has 0 saturated carbocycles. The Bertz CT molecular complexity index is 769. The lowest BCUT2D eigenvalue weighted by Crippen LogP contribution is -2.06. The minimum Gasteiger partial charge on any atom is -0.457 e. The number of esters is 1. The third-order valence-electron chi connectivity index (χ3n) is 2.90. The molecule has 0 bridgehead atoms. The van der Waals surface area contributed by atoms with Crippen molar-refractivity contribution in [2.75, 3.05) is 0 Å². The van der Waals surface area contributed by atoms with Gasteiger partial charge in [0.1, 0.15) is 11.8 Å². The summed E-state index contributed by atoms with van der Waals surface area (Å²) < 4.78 is 6.48. The standard InChI is InChI=1S/C15H10ClNO2S/c16-14-12(5-3-7-17-14)15(18)19-8-10-9-20-13-6-2-1-4-11(10)13/h1-7,9H,8H2. The maximum Gasteiger partial charge on any atom is 0.341 e. The molecular formula is C15H10ClNO2S. The predicted molar refractivity (Wildman–Crippen MR) is 80.2 cm³/mol. The summed E-state index contributed by atoms with van der Waals surface area (Å²) in [5.41, 5.74) is 1.28. The van der Waals surface area contributed by atoms with E-state index in [1.807, 2.05) is 29.6 Å². The number of thiophene rings is 1. The van der Waals surface area contributed by atoms with Gasteiger partial charge in [0.05, 0.1) is 5.56 Å². The van der Waals surface area contributed by atoms with Crippen molar-refractivity contribution in [3.05, 3.63) is 64.3 Å². The number of rotatable bonds is 3. The summed E-state index contributed by atoms with van der Waals surface area (Å²) >= 11 is 7.50. The van der Waals surface area contributed by atoms with Gasteiger partial charge < -0.3 is 4.74 Å². The van der Waals surface area contributed by atoms with Gasteiger partial charge in [0.2, 0.25) is 0 Å². The Labute approximate surface area is 124 Å². The van der Waals surface area contributed by atoms with Gasteiger partial charge in [-0.2, -0.15) is 0 Å². The zero-order chi connectivity index (χ0) is 13.9. The third kappa shape index (κ3) is 2.53. The molecule has 3 nitrogen and oxygen atoms in total. The molecule has 0 unspecified atom stereocenters. The molecule has 0 atom stereocenters. The van der Waals surface area contributed by atoms with Crippen molar-refractivity contribution in [2.24, 2.45) is 0 Å². The lowest BCUT2D eigenvalue weighted by Gasteiger charge is -2.05. The van der Waals surface area contributed by atoms with E-state index in [0.29, 0.717) is 0 Å². The molecule has 0 aliphatic rings. The van der Waals surface area contributed by atoms with Crippen LogP contribution in [0.1, 0.15) is 15.9 Å². The molecule has 2 heterocycles.